The van der Waals surface area contributed by atoms with Gasteiger partial charge in [0.15, 0.2) is 0 Å². The molecule has 1 aliphatic carbocycles. The Hall–Kier alpha value is -2.04. The maximum atomic E-state index is 13.7. The number of amides is 1. The number of hydrogen-bond donors (Lipinski definition) is 3. The summed E-state index contributed by atoms with van der Waals surface area (Å²) in [5, 5.41) is 40.1. The standard InChI is InChI=1S/C28H40FN3O5.Na/c1-18(2)19(3)26(15-14-24(33)16-25(34)17-27(35)36)32(23-12-10-21(29)11-13-23)31-20(4)28(37)30-22-8-6-5-7-9-22;/h10-15,18,22,24-25,33-34H,5-9,16-17H2,1-4H3,(H,30,37)(H,35,36);/q;+1/p-1/b15-14+,26-19+,31-20+;. The van der Waals surface area contributed by atoms with E-state index in [0.29, 0.717) is 11.4 Å². The summed E-state index contributed by atoms with van der Waals surface area (Å²) in [6.07, 6.45) is 5.06. The maximum Gasteiger partial charge on any atom is 1.00 e. The molecule has 2 atom stereocenters. The second-order valence-electron chi connectivity index (χ2n) is 9.90. The Morgan fingerprint density at radius 2 is 1.76 bits per heavy atom. The minimum absolute atomic E-state index is 0. The fourth-order valence-corrected chi connectivity index (χ4v) is 4.07. The quantitative estimate of drug-likeness (QED) is 0.151. The maximum absolute atomic E-state index is 13.7. The van der Waals surface area contributed by atoms with Crippen molar-refractivity contribution in [1.82, 2.24) is 5.32 Å². The predicted molar refractivity (Wildman–Crippen MR) is 140 cm³/mol. The zero-order valence-corrected chi connectivity index (χ0v) is 25.1. The van der Waals surface area contributed by atoms with E-state index in [-0.39, 0.29) is 59.6 Å². The van der Waals surface area contributed by atoms with Gasteiger partial charge in [-0.25, -0.2) is 9.40 Å². The number of hydrazone groups is 1. The summed E-state index contributed by atoms with van der Waals surface area (Å²) in [4.78, 5) is 23.7. The van der Waals surface area contributed by atoms with Gasteiger partial charge in [0, 0.05) is 24.9 Å². The molecule has 3 N–H and O–H groups in total. The number of carbonyl (C=O) groups is 2. The fraction of sp³-hybridized carbons (Fsp3) is 0.536. The third kappa shape index (κ3) is 11.4. The van der Waals surface area contributed by atoms with Crippen molar-refractivity contribution in [3.05, 3.63) is 53.5 Å². The van der Waals surface area contributed by atoms with Gasteiger partial charge >= 0.3 is 29.6 Å². The topological polar surface area (TPSA) is 125 Å². The molecule has 204 valence electrons. The number of carboxylic acid groups (broad SMARTS) is 1. The predicted octanol–water partition coefficient (Wildman–Crippen LogP) is 0.199. The van der Waals surface area contributed by atoms with Gasteiger partial charge in [0.1, 0.15) is 11.5 Å². The summed E-state index contributed by atoms with van der Waals surface area (Å²) >= 11 is 0. The second-order valence-corrected chi connectivity index (χ2v) is 9.90. The second kappa shape index (κ2) is 16.8. The Morgan fingerprint density at radius 3 is 2.32 bits per heavy atom. The summed E-state index contributed by atoms with van der Waals surface area (Å²) in [6, 6.07) is 5.80. The molecule has 0 radical (unpaired) electrons. The molecule has 0 aromatic heterocycles. The molecule has 1 fully saturated rings. The van der Waals surface area contributed by atoms with E-state index in [2.05, 4.69) is 10.4 Å². The Labute approximate surface area is 247 Å². The van der Waals surface area contributed by atoms with Gasteiger partial charge in [0.2, 0.25) is 0 Å². The zero-order chi connectivity index (χ0) is 27.5. The molecular formula is C28H39FN3NaO5. The van der Waals surface area contributed by atoms with Crippen LogP contribution < -0.4 is 45.0 Å². The van der Waals surface area contributed by atoms with E-state index in [4.69, 9.17) is 0 Å². The molecule has 1 saturated carbocycles. The third-order valence-electron chi connectivity index (χ3n) is 6.48. The van der Waals surface area contributed by atoms with Crippen LogP contribution in [0.2, 0.25) is 0 Å². The van der Waals surface area contributed by atoms with Crippen LogP contribution in [0.1, 0.15) is 72.6 Å². The molecular weight excluding hydrogens is 500 g/mol. The van der Waals surface area contributed by atoms with Crippen molar-refractivity contribution in [1.29, 1.82) is 0 Å². The molecule has 2 rings (SSSR count). The SMILES string of the molecule is C/C(=N\N(C(/C=C/C(O)CC(O)CC(=O)[O-])=C(\C)C(C)C)c1ccc(F)cc1)C(=O)NC1CCCCC1.[Na+]. The van der Waals surface area contributed by atoms with Crippen molar-refractivity contribution >= 4 is 23.3 Å². The van der Waals surface area contributed by atoms with Crippen molar-refractivity contribution in [3.8, 4) is 0 Å². The molecule has 0 aliphatic heterocycles. The molecule has 2 unspecified atom stereocenters. The largest absolute Gasteiger partial charge is 1.00 e. The van der Waals surface area contributed by atoms with Crippen molar-refractivity contribution in [3.63, 3.8) is 0 Å². The minimum atomic E-state index is -1.40. The van der Waals surface area contributed by atoms with Crippen LogP contribution in [-0.4, -0.2) is 46.1 Å². The first-order valence-corrected chi connectivity index (χ1v) is 12.8. The summed E-state index contributed by atoms with van der Waals surface area (Å²) in [7, 11) is 0. The van der Waals surface area contributed by atoms with Crippen LogP contribution in [0.25, 0.3) is 0 Å². The summed E-state index contributed by atoms with van der Waals surface area (Å²) in [6.45, 7) is 7.48. The number of benzene rings is 1. The van der Waals surface area contributed by atoms with E-state index < -0.39 is 30.4 Å². The number of allylic oxidation sites excluding steroid dienone is 2. The van der Waals surface area contributed by atoms with Gasteiger partial charge in [-0.1, -0.05) is 39.2 Å². The van der Waals surface area contributed by atoms with Gasteiger partial charge in [-0.15, -0.1) is 0 Å². The van der Waals surface area contributed by atoms with Crippen LogP contribution in [0.5, 0.6) is 0 Å². The summed E-state index contributed by atoms with van der Waals surface area (Å²) in [5.41, 5.74) is 2.17. The van der Waals surface area contributed by atoms with Crippen LogP contribution in [0, 0.1) is 11.7 Å². The summed E-state index contributed by atoms with van der Waals surface area (Å²) in [5.74, 6) is -2.04. The Bertz CT molecular complexity index is 1000. The zero-order valence-electron chi connectivity index (χ0n) is 23.1. The van der Waals surface area contributed by atoms with Crippen LogP contribution >= 0.6 is 0 Å². The number of aliphatic hydroxyl groups is 2. The first kappa shape index (κ1) is 34.0. The average Bonchev–Trinajstić information content (AvgIpc) is 2.83. The van der Waals surface area contributed by atoms with Crippen LogP contribution in [0.3, 0.4) is 0 Å². The number of nitrogens with zero attached hydrogens (tertiary/aromatic N) is 2. The number of carboxylic acids is 1. The van der Waals surface area contributed by atoms with Gasteiger partial charge < -0.3 is 25.4 Å². The van der Waals surface area contributed by atoms with Crippen molar-refractivity contribution < 1.29 is 58.9 Å². The molecule has 10 heteroatoms. The normalized spacial score (nSPS) is 17.0. The first-order chi connectivity index (χ1) is 17.5. The minimum Gasteiger partial charge on any atom is -0.550 e. The molecule has 0 spiro atoms. The molecule has 0 bridgehead atoms. The van der Waals surface area contributed by atoms with Gasteiger partial charge in [-0.2, -0.15) is 5.10 Å². The molecule has 1 aliphatic rings. The summed E-state index contributed by atoms with van der Waals surface area (Å²) < 4.78 is 13.7. The van der Waals surface area contributed by atoms with Gasteiger partial charge in [0.05, 0.1) is 23.6 Å². The number of rotatable bonds is 12. The van der Waals surface area contributed by atoms with Crippen LogP contribution in [0.4, 0.5) is 10.1 Å². The van der Waals surface area contributed by atoms with Crippen LogP contribution in [-0.2, 0) is 9.59 Å². The van der Waals surface area contributed by atoms with Gasteiger partial charge in [-0.3, -0.25) is 4.79 Å². The number of nitrogens with one attached hydrogen (secondary N) is 1. The van der Waals surface area contributed by atoms with E-state index in [1.54, 1.807) is 25.1 Å². The molecule has 8 nitrogen and oxygen atoms in total. The molecule has 1 aromatic carbocycles. The number of hydrogen-bond acceptors (Lipinski definition) is 7. The van der Waals surface area contributed by atoms with E-state index in [1.165, 1.54) is 29.6 Å². The van der Waals surface area contributed by atoms with Gasteiger partial charge in [0.25, 0.3) is 5.91 Å². The number of carbonyl (C=O) groups excluding carboxylic acids is 2. The number of aliphatic carboxylic acids is 1. The van der Waals surface area contributed by atoms with Crippen molar-refractivity contribution in [2.24, 2.45) is 11.0 Å². The molecule has 0 heterocycles. The average molecular weight is 540 g/mol. The molecule has 1 amide bonds. The number of aliphatic hydroxyl groups excluding tert-OH is 2. The van der Waals surface area contributed by atoms with Crippen LogP contribution in [0.15, 0.2) is 52.8 Å². The van der Waals surface area contributed by atoms with E-state index in [9.17, 15) is 29.3 Å². The third-order valence-corrected chi connectivity index (χ3v) is 6.48. The first-order valence-electron chi connectivity index (χ1n) is 12.8. The monoisotopic (exact) mass is 539 g/mol. The van der Waals surface area contributed by atoms with Crippen molar-refractivity contribution in [2.45, 2.75) is 90.9 Å². The van der Waals surface area contributed by atoms with E-state index in [1.807, 2.05) is 20.8 Å². The Balaban J connectivity index is 0.00000722. The van der Waals surface area contributed by atoms with Crippen molar-refractivity contribution in [2.75, 3.05) is 5.01 Å². The van der Waals surface area contributed by atoms with Gasteiger partial charge in [-0.05, 0) is 68.5 Å². The Morgan fingerprint density at radius 1 is 1.16 bits per heavy atom. The Kier molecular flexibility index (Phi) is 15.0. The molecule has 0 saturated heterocycles. The van der Waals surface area contributed by atoms with E-state index in [0.717, 1.165) is 31.3 Å². The smallest absolute Gasteiger partial charge is 0.550 e. The number of halogens is 1. The molecule has 38 heavy (non-hydrogen) atoms. The number of anilines is 1. The fourth-order valence-electron chi connectivity index (χ4n) is 4.07. The molecule has 1 aromatic rings. The van der Waals surface area contributed by atoms with E-state index >= 15 is 0 Å².